The zero-order valence-electron chi connectivity index (χ0n) is 28.0. The van der Waals surface area contributed by atoms with Gasteiger partial charge in [-0.3, -0.25) is 19.2 Å². The predicted octanol–water partition coefficient (Wildman–Crippen LogP) is 3.19. The largest absolute Gasteiger partial charge is 0.495 e. The van der Waals surface area contributed by atoms with Gasteiger partial charge in [-0.1, -0.05) is 39.5 Å². The van der Waals surface area contributed by atoms with Crippen molar-refractivity contribution in [3.05, 3.63) is 55.6 Å². The van der Waals surface area contributed by atoms with Crippen molar-refractivity contribution in [2.45, 2.75) is 78.1 Å². The number of benzene rings is 1. The van der Waals surface area contributed by atoms with Crippen LogP contribution in [-0.4, -0.2) is 65.1 Å². The Morgan fingerprint density at radius 2 is 1.84 bits per heavy atom. The summed E-state index contributed by atoms with van der Waals surface area (Å²) in [4.78, 5) is 64.6. The van der Waals surface area contributed by atoms with Gasteiger partial charge in [0.05, 0.1) is 48.6 Å². The molecule has 0 bridgehead atoms. The summed E-state index contributed by atoms with van der Waals surface area (Å²) in [6.07, 6.45) is -2.75. The molecule has 1 saturated heterocycles. The lowest BCUT2D eigenvalue weighted by Crippen LogP contribution is -2.30. The molecule has 0 saturated carbocycles. The van der Waals surface area contributed by atoms with Gasteiger partial charge in [0.1, 0.15) is 23.9 Å². The highest BCUT2D eigenvalue weighted by molar-refractivity contribution is 7.66. The number of nitrogens with zero attached hydrogens (tertiary/aromatic N) is 3. The quantitative estimate of drug-likeness (QED) is 0.0653. The maximum absolute atomic E-state index is 12.8. The van der Waals surface area contributed by atoms with Crippen LogP contribution in [0.15, 0.2) is 23.1 Å². The Morgan fingerprint density at radius 1 is 1.18 bits per heavy atom. The minimum atomic E-state index is -5.78. The maximum Gasteiger partial charge on any atom is 0.490 e. The number of hydrogen-bond acceptors (Lipinski definition) is 15. The number of aromatic nitrogens is 2. The van der Waals surface area contributed by atoms with E-state index >= 15 is 0 Å². The van der Waals surface area contributed by atoms with Crippen LogP contribution in [0.2, 0.25) is 0 Å². The second-order valence-electron chi connectivity index (χ2n) is 12.1. The van der Waals surface area contributed by atoms with E-state index in [1.54, 1.807) is 20.8 Å². The van der Waals surface area contributed by atoms with Crippen molar-refractivity contribution in [2.75, 3.05) is 19.5 Å². The van der Waals surface area contributed by atoms with Gasteiger partial charge in [-0.15, -0.1) is 0 Å². The minimum Gasteiger partial charge on any atom is -0.495 e. The van der Waals surface area contributed by atoms with Gasteiger partial charge in [0.25, 0.3) is 5.69 Å². The number of nitrogens with two attached hydrogens (primary N) is 1. The van der Waals surface area contributed by atoms with E-state index in [0.29, 0.717) is 17.7 Å². The van der Waals surface area contributed by atoms with Gasteiger partial charge in [0.15, 0.2) is 0 Å². The van der Waals surface area contributed by atoms with E-state index in [9.17, 15) is 43.5 Å². The van der Waals surface area contributed by atoms with E-state index in [0.717, 1.165) is 11.0 Å². The van der Waals surface area contributed by atoms with Crippen LogP contribution in [0.3, 0.4) is 0 Å². The molecule has 0 aliphatic carbocycles. The van der Waals surface area contributed by atoms with Gasteiger partial charge >= 0.3 is 29.2 Å². The van der Waals surface area contributed by atoms with E-state index < -0.39 is 70.6 Å². The van der Waals surface area contributed by atoms with Gasteiger partial charge in [-0.25, -0.2) is 18.5 Å². The molecule has 1 aromatic carbocycles. The number of methoxy groups -OCH3 is 1. The zero-order chi connectivity index (χ0) is 38.5. The van der Waals surface area contributed by atoms with Crippen LogP contribution in [-0.2, 0) is 42.9 Å². The van der Waals surface area contributed by atoms with E-state index in [4.69, 9.17) is 29.7 Å². The van der Waals surface area contributed by atoms with Crippen molar-refractivity contribution in [3.8, 4) is 17.6 Å². The molecular weight excluding hydrogens is 745 g/mol. The van der Waals surface area contributed by atoms with Crippen LogP contribution in [0.4, 0.5) is 11.5 Å². The fourth-order valence-corrected chi connectivity index (χ4v) is 7.86. The molecule has 1 aromatic heterocycles. The maximum atomic E-state index is 12.8. The molecule has 284 valence electrons. The average molecular weight is 785 g/mol. The molecule has 1 aliphatic heterocycles. The van der Waals surface area contributed by atoms with Gasteiger partial charge in [-0.05, 0) is 17.9 Å². The lowest BCUT2D eigenvalue weighted by atomic mass is 9.83. The SMILES string of the molecule is CCCC#Cc1cc([N+](=O)[O-])c([C@@H](OCc2cn([C@H]3CC(O)[C@@H](COP(=O)(O)OP(=O)(O)OP(=O)(O)O)O3)c(=O)nc2N)C(C)(C)C)cc1OC. The number of hydrogen-bond donors (Lipinski definition) is 6. The Labute approximate surface area is 291 Å². The fourth-order valence-electron chi connectivity index (χ4n) is 4.83. The number of nitro groups is 1. The molecule has 2 aromatic rings. The first-order chi connectivity index (χ1) is 23.5. The first-order valence-corrected chi connectivity index (χ1v) is 19.4. The van der Waals surface area contributed by atoms with Gasteiger partial charge in [-0.2, -0.15) is 13.6 Å². The summed E-state index contributed by atoms with van der Waals surface area (Å²) >= 11 is 0. The van der Waals surface area contributed by atoms with Gasteiger partial charge in [0.2, 0.25) is 0 Å². The van der Waals surface area contributed by atoms with Gasteiger partial charge in [0, 0.05) is 30.7 Å². The van der Waals surface area contributed by atoms with Crippen molar-refractivity contribution >= 4 is 35.0 Å². The van der Waals surface area contributed by atoms with Crippen LogP contribution in [0.25, 0.3) is 0 Å². The van der Waals surface area contributed by atoms with Crippen LogP contribution < -0.4 is 16.2 Å². The summed E-state index contributed by atoms with van der Waals surface area (Å²) in [5.74, 6) is 5.92. The molecule has 21 nitrogen and oxygen atoms in total. The minimum absolute atomic E-state index is 0.148. The molecule has 0 radical (unpaired) electrons. The van der Waals surface area contributed by atoms with Crippen molar-refractivity contribution in [1.29, 1.82) is 0 Å². The molecule has 6 atom stereocenters. The monoisotopic (exact) mass is 784 g/mol. The van der Waals surface area contributed by atoms with Crippen LogP contribution in [0.1, 0.15) is 76.0 Å². The Kier molecular flexibility index (Phi) is 13.9. The molecule has 1 fully saturated rings. The topological polar surface area (TPSA) is 312 Å². The summed E-state index contributed by atoms with van der Waals surface area (Å²) < 4.78 is 64.6. The molecule has 3 unspecified atom stereocenters. The third-order valence-electron chi connectivity index (χ3n) is 7.01. The number of aliphatic hydroxyl groups excluding tert-OH is 1. The van der Waals surface area contributed by atoms with Crippen molar-refractivity contribution in [3.63, 3.8) is 0 Å². The van der Waals surface area contributed by atoms with Crippen LogP contribution in [0, 0.1) is 27.4 Å². The first-order valence-electron chi connectivity index (χ1n) is 14.9. The van der Waals surface area contributed by atoms with Crippen LogP contribution >= 0.6 is 23.5 Å². The van der Waals surface area contributed by atoms with Gasteiger partial charge < -0.3 is 44.6 Å². The van der Waals surface area contributed by atoms with E-state index in [2.05, 4.69) is 30.0 Å². The van der Waals surface area contributed by atoms with Crippen molar-refractivity contribution in [2.24, 2.45) is 5.41 Å². The molecule has 0 spiro atoms. The molecule has 24 heteroatoms. The fraction of sp³-hybridized carbons (Fsp3) is 0.556. The number of ether oxygens (including phenoxy) is 3. The second kappa shape index (κ2) is 16.7. The molecule has 2 heterocycles. The highest BCUT2D eigenvalue weighted by atomic mass is 31.3. The van der Waals surface area contributed by atoms with Crippen molar-refractivity contribution in [1.82, 2.24) is 9.55 Å². The molecule has 0 amide bonds. The Morgan fingerprint density at radius 3 is 2.41 bits per heavy atom. The number of aliphatic hydroxyl groups is 1. The molecule has 3 rings (SSSR count). The lowest BCUT2D eigenvalue weighted by Gasteiger charge is -2.31. The summed E-state index contributed by atoms with van der Waals surface area (Å²) in [6, 6.07) is 2.81. The van der Waals surface area contributed by atoms with E-state index in [-0.39, 0.29) is 35.7 Å². The molecular formula is C27H39N4O17P3. The number of nitrogen functional groups attached to an aromatic ring is 1. The Bertz CT molecular complexity index is 1870. The number of phosphoric acid groups is 3. The Hall–Kier alpha value is -3.05. The normalized spacial score (nSPS) is 20.9. The zero-order valence-corrected chi connectivity index (χ0v) is 30.7. The number of anilines is 1. The number of phosphoric ester groups is 1. The summed E-state index contributed by atoms with van der Waals surface area (Å²) in [6.45, 7) is 6.05. The van der Waals surface area contributed by atoms with E-state index in [1.165, 1.54) is 25.4 Å². The standard InChI is InChI=1S/C27H39N4O17P3/c1-6-7-8-9-16-10-19(31(34)35)18(11-21(16)43-5)24(27(2,3)4)44-14-17-13-30(26(33)29-25(17)28)23-12-20(32)22(46-23)15-45-50(39,40)48-51(41,42)47-49(36,37)38/h10-11,13,20,22-24,32H,6-7,12,14-15H2,1-5H3,(H,39,40)(H,41,42)(H2,28,29,33)(H2,36,37,38)/t20?,22-,23-,24-/m1/s1. The third-order valence-corrected chi connectivity index (χ3v) is 10.8. The lowest BCUT2D eigenvalue weighted by molar-refractivity contribution is -0.386. The highest BCUT2D eigenvalue weighted by Crippen LogP contribution is 2.66. The smallest absolute Gasteiger partial charge is 0.490 e. The average Bonchev–Trinajstić information content (AvgIpc) is 3.34. The third kappa shape index (κ3) is 12.0. The predicted molar refractivity (Wildman–Crippen MR) is 176 cm³/mol. The van der Waals surface area contributed by atoms with E-state index in [1.807, 2.05) is 6.92 Å². The number of nitro benzene ring substituents is 1. The summed E-state index contributed by atoms with van der Waals surface area (Å²) in [5.41, 5.74) is 4.77. The Balaban J connectivity index is 1.84. The molecule has 51 heavy (non-hydrogen) atoms. The summed E-state index contributed by atoms with van der Waals surface area (Å²) in [5, 5.41) is 22.7. The van der Waals surface area contributed by atoms with Crippen molar-refractivity contribution < 1.29 is 70.7 Å². The first kappa shape index (κ1) is 42.4. The highest BCUT2D eigenvalue weighted by Gasteiger charge is 2.43. The number of rotatable bonds is 15. The molecule has 1 aliphatic rings. The second-order valence-corrected chi connectivity index (χ2v) is 16.6. The molecule has 7 N–H and O–H groups in total. The number of unbranched alkanes of at least 4 members (excludes halogenated alkanes) is 1. The summed E-state index contributed by atoms with van der Waals surface area (Å²) in [7, 11) is -15.5. The van der Waals surface area contributed by atoms with Crippen LogP contribution in [0.5, 0.6) is 5.75 Å².